The van der Waals surface area contributed by atoms with E-state index < -0.39 is 5.97 Å². The van der Waals surface area contributed by atoms with Crippen molar-refractivity contribution in [3.05, 3.63) is 24.3 Å². The number of rotatable bonds is 10. The molecule has 2 N–H and O–H groups in total. The zero-order valence-electron chi connectivity index (χ0n) is 12.4. The number of carbonyl (C=O) groups excluding carboxylic acids is 1. The van der Waals surface area contributed by atoms with Crippen LogP contribution in [0.4, 0.5) is 5.69 Å². The molecule has 0 fully saturated rings. The molecule has 5 nitrogen and oxygen atoms in total. The number of aliphatic carboxylic acids is 1. The Morgan fingerprint density at radius 1 is 1.10 bits per heavy atom. The molecule has 0 aliphatic carbocycles. The molecule has 21 heavy (non-hydrogen) atoms. The molecule has 0 bridgehead atoms. The molecule has 1 amide bonds. The van der Waals surface area contributed by atoms with E-state index in [1.54, 1.807) is 12.1 Å². The average Bonchev–Trinajstić information content (AvgIpc) is 2.45. The van der Waals surface area contributed by atoms with Gasteiger partial charge in [0.1, 0.15) is 5.75 Å². The van der Waals surface area contributed by atoms with Crippen LogP contribution in [-0.4, -0.2) is 23.6 Å². The van der Waals surface area contributed by atoms with Crippen LogP contribution in [0.25, 0.3) is 0 Å². The maximum absolute atomic E-state index is 11.7. The fraction of sp³-hybridized carbons (Fsp3) is 0.500. The molecule has 0 aromatic heterocycles. The summed E-state index contributed by atoms with van der Waals surface area (Å²) in [6.07, 6.45) is 3.66. The molecule has 0 spiro atoms. The largest absolute Gasteiger partial charge is 0.494 e. The van der Waals surface area contributed by atoms with Gasteiger partial charge < -0.3 is 15.2 Å². The molecular weight excluding hydrogens is 270 g/mol. The fourth-order valence-corrected chi connectivity index (χ4v) is 1.75. The molecule has 1 aromatic rings. The van der Waals surface area contributed by atoms with Crippen LogP contribution in [0.2, 0.25) is 0 Å². The van der Waals surface area contributed by atoms with E-state index in [9.17, 15) is 9.59 Å². The van der Waals surface area contributed by atoms with Crippen LogP contribution in [0, 0.1) is 0 Å². The molecule has 0 unspecified atom stereocenters. The summed E-state index contributed by atoms with van der Waals surface area (Å²) in [7, 11) is 0. The van der Waals surface area contributed by atoms with Gasteiger partial charge >= 0.3 is 5.97 Å². The highest BCUT2D eigenvalue weighted by Crippen LogP contribution is 2.16. The van der Waals surface area contributed by atoms with E-state index in [1.807, 2.05) is 12.1 Å². The maximum Gasteiger partial charge on any atom is 0.303 e. The first-order valence-corrected chi connectivity index (χ1v) is 7.36. The quantitative estimate of drug-likeness (QED) is 0.648. The monoisotopic (exact) mass is 293 g/mol. The van der Waals surface area contributed by atoms with E-state index in [0.717, 1.165) is 24.3 Å². The second kappa shape index (κ2) is 9.80. The van der Waals surface area contributed by atoms with Crippen LogP contribution in [0.3, 0.4) is 0 Å². The van der Waals surface area contributed by atoms with Crippen molar-refractivity contribution in [2.75, 3.05) is 11.9 Å². The summed E-state index contributed by atoms with van der Waals surface area (Å²) in [6.45, 7) is 2.81. The number of carboxylic acid groups (broad SMARTS) is 1. The maximum atomic E-state index is 11.7. The van der Waals surface area contributed by atoms with Gasteiger partial charge in [-0.05, 0) is 43.5 Å². The van der Waals surface area contributed by atoms with Crippen molar-refractivity contribution in [1.29, 1.82) is 0 Å². The van der Waals surface area contributed by atoms with Gasteiger partial charge in [-0.15, -0.1) is 0 Å². The normalized spacial score (nSPS) is 10.1. The lowest BCUT2D eigenvalue weighted by Crippen LogP contribution is -2.11. The molecule has 116 valence electrons. The van der Waals surface area contributed by atoms with E-state index >= 15 is 0 Å². The predicted molar refractivity (Wildman–Crippen MR) is 81.6 cm³/mol. The van der Waals surface area contributed by atoms with Gasteiger partial charge in [0.2, 0.25) is 5.91 Å². The highest BCUT2D eigenvalue weighted by molar-refractivity contribution is 5.90. The minimum Gasteiger partial charge on any atom is -0.494 e. The van der Waals surface area contributed by atoms with Crippen molar-refractivity contribution < 1.29 is 19.4 Å². The second-order valence-corrected chi connectivity index (χ2v) is 4.88. The molecule has 0 aliphatic heterocycles. The van der Waals surface area contributed by atoms with E-state index in [2.05, 4.69) is 12.2 Å². The lowest BCUT2D eigenvalue weighted by atomic mass is 10.2. The van der Waals surface area contributed by atoms with Crippen LogP contribution in [0.5, 0.6) is 5.75 Å². The number of amides is 1. The molecule has 0 saturated heterocycles. The highest BCUT2D eigenvalue weighted by atomic mass is 16.5. The summed E-state index contributed by atoms with van der Waals surface area (Å²) in [4.78, 5) is 22.0. The molecule has 1 aromatic carbocycles. The zero-order chi connectivity index (χ0) is 15.5. The lowest BCUT2D eigenvalue weighted by molar-refractivity contribution is -0.137. The Morgan fingerprint density at radius 2 is 1.76 bits per heavy atom. The number of carbonyl (C=O) groups is 2. The van der Waals surface area contributed by atoms with Crippen LogP contribution in [0.1, 0.15) is 45.4 Å². The molecule has 0 atom stereocenters. The van der Waals surface area contributed by atoms with E-state index in [4.69, 9.17) is 9.84 Å². The Kier molecular flexibility index (Phi) is 7.94. The van der Waals surface area contributed by atoms with Gasteiger partial charge in [-0.1, -0.05) is 13.3 Å². The number of ether oxygens (including phenoxy) is 1. The van der Waals surface area contributed by atoms with E-state index in [0.29, 0.717) is 25.9 Å². The molecule has 5 heteroatoms. The van der Waals surface area contributed by atoms with Crippen molar-refractivity contribution >= 4 is 17.6 Å². The number of nitrogens with one attached hydrogen (secondary N) is 1. The Balaban J connectivity index is 2.27. The number of hydrogen-bond donors (Lipinski definition) is 2. The fourth-order valence-electron chi connectivity index (χ4n) is 1.75. The van der Waals surface area contributed by atoms with Crippen molar-refractivity contribution in [3.63, 3.8) is 0 Å². The number of carboxylic acids is 1. The minimum atomic E-state index is -0.825. The van der Waals surface area contributed by atoms with Gasteiger partial charge in [0, 0.05) is 18.5 Å². The summed E-state index contributed by atoms with van der Waals surface area (Å²) in [6, 6.07) is 7.26. The smallest absolute Gasteiger partial charge is 0.303 e. The van der Waals surface area contributed by atoms with Gasteiger partial charge in [0.15, 0.2) is 0 Å². The number of hydrogen-bond acceptors (Lipinski definition) is 3. The van der Waals surface area contributed by atoms with Gasteiger partial charge in [-0.2, -0.15) is 0 Å². The third kappa shape index (κ3) is 7.97. The summed E-state index contributed by atoms with van der Waals surface area (Å²) >= 11 is 0. The molecule has 0 heterocycles. The summed E-state index contributed by atoms with van der Waals surface area (Å²) in [5, 5.41) is 11.3. The third-order valence-electron chi connectivity index (χ3n) is 2.95. The van der Waals surface area contributed by atoms with Crippen LogP contribution in [0.15, 0.2) is 24.3 Å². The van der Waals surface area contributed by atoms with Crippen LogP contribution < -0.4 is 10.1 Å². The lowest BCUT2D eigenvalue weighted by Gasteiger charge is -2.08. The molecule has 0 aliphatic rings. The van der Waals surface area contributed by atoms with Crippen LogP contribution >= 0.6 is 0 Å². The summed E-state index contributed by atoms with van der Waals surface area (Å²) in [5.74, 6) is -0.128. The van der Waals surface area contributed by atoms with Crippen molar-refractivity contribution in [2.45, 2.75) is 45.4 Å². The highest BCUT2D eigenvalue weighted by Gasteiger charge is 2.04. The summed E-state index contributed by atoms with van der Waals surface area (Å²) in [5.41, 5.74) is 0.723. The van der Waals surface area contributed by atoms with Gasteiger partial charge in [0.25, 0.3) is 0 Å². The van der Waals surface area contributed by atoms with Crippen molar-refractivity contribution in [2.24, 2.45) is 0 Å². The molecule has 0 radical (unpaired) electrons. The minimum absolute atomic E-state index is 0.0972. The number of benzene rings is 1. The molecular formula is C16H23NO4. The third-order valence-corrected chi connectivity index (χ3v) is 2.95. The average molecular weight is 293 g/mol. The zero-order valence-corrected chi connectivity index (χ0v) is 12.4. The number of anilines is 1. The predicted octanol–water partition coefficient (Wildman–Crippen LogP) is 3.45. The van der Waals surface area contributed by atoms with Gasteiger partial charge in [0.05, 0.1) is 6.61 Å². The van der Waals surface area contributed by atoms with Crippen LogP contribution in [-0.2, 0) is 9.59 Å². The Hall–Kier alpha value is -2.04. The number of unbranched alkanes of at least 4 members (excludes halogenated alkanes) is 2. The Morgan fingerprint density at radius 3 is 2.38 bits per heavy atom. The Labute approximate surface area is 125 Å². The second-order valence-electron chi connectivity index (χ2n) is 4.88. The first-order valence-electron chi connectivity index (χ1n) is 7.36. The first kappa shape index (κ1) is 17.0. The van der Waals surface area contributed by atoms with E-state index in [1.165, 1.54) is 0 Å². The standard InChI is InChI=1S/C16H23NO4/c1-2-3-12-21-14-10-8-13(9-11-14)17-15(18)6-4-5-7-16(19)20/h8-11H,2-7,12H2,1H3,(H,17,18)(H,19,20). The van der Waals surface area contributed by atoms with Gasteiger partial charge in [-0.3, -0.25) is 9.59 Å². The van der Waals surface area contributed by atoms with Gasteiger partial charge in [-0.25, -0.2) is 0 Å². The van der Waals surface area contributed by atoms with E-state index in [-0.39, 0.29) is 12.3 Å². The van der Waals surface area contributed by atoms with Crippen molar-refractivity contribution in [3.8, 4) is 5.75 Å². The summed E-state index contributed by atoms with van der Waals surface area (Å²) < 4.78 is 5.54. The molecule has 1 rings (SSSR count). The molecule has 0 saturated carbocycles. The SMILES string of the molecule is CCCCOc1ccc(NC(=O)CCCCC(=O)O)cc1. The van der Waals surface area contributed by atoms with Crippen molar-refractivity contribution in [1.82, 2.24) is 0 Å². The topological polar surface area (TPSA) is 75.6 Å². The first-order chi connectivity index (χ1) is 10.1. The Bertz CT molecular complexity index is 442.